The van der Waals surface area contributed by atoms with Gasteiger partial charge in [0.25, 0.3) is 0 Å². The van der Waals surface area contributed by atoms with Crippen molar-refractivity contribution < 1.29 is 0 Å². The highest BCUT2D eigenvalue weighted by atomic mass is 15.2. The van der Waals surface area contributed by atoms with E-state index in [0.29, 0.717) is 6.04 Å². The van der Waals surface area contributed by atoms with E-state index in [9.17, 15) is 0 Å². The smallest absolute Gasteiger partial charge is 0.0117 e. The van der Waals surface area contributed by atoms with Crippen molar-refractivity contribution in [1.82, 2.24) is 9.80 Å². The van der Waals surface area contributed by atoms with E-state index in [2.05, 4.69) is 23.9 Å². The Bertz CT molecular complexity index is 211. The number of nitrogens with two attached hydrogens (primary N) is 1. The molecular formula is C13H27N3. The number of hydrogen-bond donors (Lipinski definition) is 1. The van der Waals surface area contributed by atoms with E-state index in [4.69, 9.17) is 5.73 Å². The van der Waals surface area contributed by atoms with Crippen LogP contribution in [0.4, 0.5) is 0 Å². The van der Waals surface area contributed by atoms with Gasteiger partial charge in [0.2, 0.25) is 0 Å². The summed E-state index contributed by atoms with van der Waals surface area (Å²) in [4.78, 5) is 5.03. The second kappa shape index (κ2) is 5.48. The van der Waals surface area contributed by atoms with E-state index >= 15 is 0 Å². The Morgan fingerprint density at radius 3 is 2.44 bits per heavy atom. The second-order valence-electron chi connectivity index (χ2n) is 5.91. The maximum Gasteiger partial charge on any atom is 0.0117 e. The molecule has 1 aliphatic carbocycles. The molecule has 0 aromatic heterocycles. The number of nitrogens with zero attached hydrogens (tertiary/aromatic N) is 2. The largest absolute Gasteiger partial charge is 0.328 e. The zero-order valence-electron chi connectivity index (χ0n) is 10.9. The van der Waals surface area contributed by atoms with E-state index in [1.165, 1.54) is 51.7 Å². The van der Waals surface area contributed by atoms with Crippen molar-refractivity contribution in [2.24, 2.45) is 11.7 Å². The molecule has 0 aromatic carbocycles. The van der Waals surface area contributed by atoms with Crippen LogP contribution in [-0.4, -0.2) is 55.6 Å². The molecule has 1 aliphatic heterocycles. The average molecular weight is 225 g/mol. The van der Waals surface area contributed by atoms with Crippen LogP contribution >= 0.6 is 0 Å². The molecular weight excluding hydrogens is 198 g/mol. The normalized spacial score (nSPS) is 33.8. The van der Waals surface area contributed by atoms with E-state index in [1.807, 2.05) is 0 Å². The van der Waals surface area contributed by atoms with Crippen LogP contribution in [-0.2, 0) is 0 Å². The Morgan fingerprint density at radius 1 is 1.19 bits per heavy atom. The van der Waals surface area contributed by atoms with Crippen molar-refractivity contribution in [2.75, 3.05) is 33.7 Å². The van der Waals surface area contributed by atoms with Crippen LogP contribution in [0.2, 0.25) is 0 Å². The summed E-state index contributed by atoms with van der Waals surface area (Å²) in [7, 11) is 4.53. The Morgan fingerprint density at radius 2 is 1.88 bits per heavy atom. The minimum atomic E-state index is 0.482. The van der Waals surface area contributed by atoms with E-state index in [0.717, 1.165) is 12.0 Å². The van der Waals surface area contributed by atoms with Crippen LogP contribution in [0.5, 0.6) is 0 Å². The van der Waals surface area contributed by atoms with Crippen molar-refractivity contribution in [2.45, 2.75) is 44.2 Å². The van der Waals surface area contributed by atoms with Gasteiger partial charge in [-0.2, -0.15) is 0 Å². The molecule has 1 saturated heterocycles. The van der Waals surface area contributed by atoms with Gasteiger partial charge in [-0.05, 0) is 65.2 Å². The summed E-state index contributed by atoms with van der Waals surface area (Å²) in [5.74, 6) is 0.861. The highest BCUT2D eigenvalue weighted by Gasteiger charge is 2.26. The molecule has 2 aliphatic rings. The molecule has 2 N–H and O–H groups in total. The van der Waals surface area contributed by atoms with Crippen LogP contribution in [0.25, 0.3) is 0 Å². The molecule has 0 spiro atoms. The summed E-state index contributed by atoms with van der Waals surface area (Å²) in [6.45, 7) is 3.79. The summed E-state index contributed by atoms with van der Waals surface area (Å²) in [6, 6.07) is 1.30. The lowest BCUT2D eigenvalue weighted by molar-refractivity contribution is 0.129. The molecule has 2 unspecified atom stereocenters. The fourth-order valence-electron chi connectivity index (χ4n) is 3.27. The summed E-state index contributed by atoms with van der Waals surface area (Å²) < 4.78 is 0. The van der Waals surface area contributed by atoms with Crippen molar-refractivity contribution >= 4 is 0 Å². The van der Waals surface area contributed by atoms with Gasteiger partial charge in [-0.3, -0.25) is 0 Å². The predicted octanol–water partition coefficient (Wildman–Crippen LogP) is 1.14. The fraction of sp³-hybridized carbons (Fsp3) is 1.00. The predicted molar refractivity (Wildman–Crippen MR) is 68.5 cm³/mol. The Kier molecular flexibility index (Phi) is 4.22. The molecule has 0 aromatic rings. The molecule has 2 rings (SSSR count). The van der Waals surface area contributed by atoms with Gasteiger partial charge in [0.05, 0.1) is 0 Å². The summed E-state index contributed by atoms with van der Waals surface area (Å²) in [5.41, 5.74) is 5.97. The molecule has 3 heteroatoms. The lowest BCUT2D eigenvalue weighted by Crippen LogP contribution is -2.43. The summed E-state index contributed by atoms with van der Waals surface area (Å²) in [5, 5.41) is 0. The second-order valence-corrected chi connectivity index (χ2v) is 5.91. The maximum atomic E-state index is 5.97. The molecule has 0 bridgehead atoms. The van der Waals surface area contributed by atoms with Crippen molar-refractivity contribution in [3.05, 3.63) is 0 Å². The quantitative estimate of drug-likeness (QED) is 0.782. The van der Waals surface area contributed by atoms with Crippen molar-refractivity contribution in [3.8, 4) is 0 Å². The van der Waals surface area contributed by atoms with Crippen molar-refractivity contribution in [1.29, 1.82) is 0 Å². The number of likely N-dealkylation sites (tertiary alicyclic amines) is 1. The van der Waals surface area contributed by atoms with Crippen LogP contribution in [0, 0.1) is 5.92 Å². The first kappa shape index (κ1) is 12.3. The van der Waals surface area contributed by atoms with Gasteiger partial charge < -0.3 is 15.5 Å². The summed E-state index contributed by atoms with van der Waals surface area (Å²) >= 11 is 0. The third-order valence-corrected chi connectivity index (χ3v) is 4.44. The van der Waals surface area contributed by atoms with Gasteiger partial charge in [0.1, 0.15) is 0 Å². The Labute approximate surface area is 100.0 Å². The zero-order valence-corrected chi connectivity index (χ0v) is 10.9. The monoisotopic (exact) mass is 225 g/mol. The molecule has 2 fully saturated rings. The fourth-order valence-corrected chi connectivity index (χ4v) is 3.27. The lowest BCUT2D eigenvalue weighted by Gasteiger charge is -2.36. The lowest BCUT2D eigenvalue weighted by atomic mass is 10.0. The van der Waals surface area contributed by atoms with E-state index in [-0.39, 0.29) is 0 Å². The van der Waals surface area contributed by atoms with E-state index < -0.39 is 0 Å². The molecule has 94 valence electrons. The van der Waals surface area contributed by atoms with Crippen LogP contribution in [0.3, 0.4) is 0 Å². The first-order chi connectivity index (χ1) is 7.65. The summed E-state index contributed by atoms with van der Waals surface area (Å²) in [6.07, 6.45) is 6.51. The molecule has 0 radical (unpaired) electrons. The third-order valence-electron chi connectivity index (χ3n) is 4.44. The first-order valence-corrected chi connectivity index (χ1v) is 6.79. The van der Waals surface area contributed by atoms with Crippen LogP contribution in [0.15, 0.2) is 0 Å². The molecule has 1 saturated carbocycles. The minimum absolute atomic E-state index is 0.482. The van der Waals surface area contributed by atoms with Crippen LogP contribution < -0.4 is 5.73 Å². The van der Waals surface area contributed by atoms with Gasteiger partial charge in [0.15, 0.2) is 0 Å². The Balaban J connectivity index is 1.73. The van der Waals surface area contributed by atoms with Gasteiger partial charge in [-0.25, -0.2) is 0 Å². The van der Waals surface area contributed by atoms with Crippen molar-refractivity contribution in [3.63, 3.8) is 0 Å². The van der Waals surface area contributed by atoms with E-state index in [1.54, 1.807) is 0 Å². The molecule has 3 nitrogen and oxygen atoms in total. The van der Waals surface area contributed by atoms with Gasteiger partial charge in [-0.15, -0.1) is 0 Å². The van der Waals surface area contributed by atoms with Gasteiger partial charge in [0, 0.05) is 18.6 Å². The zero-order chi connectivity index (χ0) is 11.5. The molecule has 0 amide bonds. The highest BCUT2D eigenvalue weighted by Crippen LogP contribution is 2.26. The SMILES string of the molecule is CN1CCC(N(C)CC2CCC(N)C2)CC1. The van der Waals surface area contributed by atoms with Gasteiger partial charge in [-0.1, -0.05) is 0 Å². The molecule has 1 heterocycles. The molecule has 16 heavy (non-hydrogen) atoms. The number of piperidine rings is 1. The van der Waals surface area contributed by atoms with Crippen LogP contribution in [0.1, 0.15) is 32.1 Å². The maximum absolute atomic E-state index is 5.97. The standard InChI is InChI=1S/C13H27N3/c1-15-7-5-13(6-8-15)16(2)10-11-3-4-12(14)9-11/h11-13H,3-10,14H2,1-2H3. The first-order valence-electron chi connectivity index (χ1n) is 6.79. The minimum Gasteiger partial charge on any atom is -0.328 e. The highest BCUT2D eigenvalue weighted by molar-refractivity contribution is 4.83. The van der Waals surface area contributed by atoms with Gasteiger partial charge >= 0.3 is 0 Å². The number of rotatable bonds is 3. The third kappa shape index (κ3) is 3.19. The molecule has 2 atom stereocenters. The topological polar surface area (TPSA) is 32.5 Å². The number of hydrogen-bond acceptors (Lipinski definition) is 3. The Hall–Kier alpha value is -0.120. The average Bonchev–Trinajstić information content (AvgIpc) is 2.65.